The summed E-state index contributed by atoms with van der Waals surface area (Å²) in [5.41, 5.74) is 6.08. The van der Waals surface area contributed by atoms with E-state index in [0.29, 0.717) is 5.56 Å². The summed E-state index contributed by atoms with van der Waals surface area (Å²) in [4.78, 5) is 11.0. The molecule has 3 aromatic heterocycles. The fraction of sp³-hybridized carbons (Fsp3) is 0.182. The van der Waals surface area contributed by atoms with Crippen molar-refractivity contribution in [2.75, 3.05) is 31.1 Å². The summed E-state index contributed by atoms with van der Waals surface area (Å²) in [6.07, 6.45) is 5.34. The van der Waals surface area contributed by atoms with Crippen LogP contribution < -0.4 is 10.2 Å². The number of nitriles is 1. The first-order chi connectivity index (χ1) is 14.3. The van der Waals surface area contributed by atoms with Gasteiger partial charge >= 0.3 is 0 Å². The maximum absolute atomic E-state index is 9.56. The van der Waals surface area contributed by atoms with Crippen LogP contribution >= 0.6 is 0 Å². The van der Waals surface area contributed by atoms with Gasteiger partial charge in [-0.1, -0.05) is 0 Å². The van der Waals surface area contributed by atoms with Crippen LogP contribution in [-0.4, -0.2) is 46.3 Å². The third-order valence-electron chi connectivity index (χ3n) is 5.21. The maximum Gasteiger partial charge on any atom is 0.100 e. The Balaban J connectivity index is 1.62. The summed E-state index contributed by atoms with van der Waals surface area (Å²) in [7, 11) is 0. The van der Waals surface area contributed by atoms with E-state index >= 15 is 0 Å². The first kappa shape index (κ1) is 17.3. The lowest BCUT2D eigenvalue weighted by atomic mass is 10.0. The van der Waals surface area contributed by atoms with Crippen molar-refractivity contribution >= 4 is 16.6 Å². The maximum atomic E-state index is 9.56. The Hall–Kier alpha value is -3.76. The molecule has 0 radical (unpaired) electrons. The highest BCUT2D eigenvalue weighted by atomic mass is 15.2. The summed E-state index contributed by atoms with van der Waals surface area (Å²) in [6, 6.07) is 14.2. The molecule has 0 unspecified atom stereocenters. The highest BCUT2D eigenvalue weighted by Crippen LogP contribution is 2.32. The van der Waals surface area contributed by atoms with E-state index in [1.807, 2.05) is 30.3 Å². The van der Waals surface area contributed by atoms with Crippen molar-refractivity contribution in [3.8, 4) is 28.6 Å². The molecule has 4 heterocycles. The number of hydrogen-bond acceptors (Lipinski definition) is 6. The number of piperazine rings is 1. The minimum absolute atomic E-state index is 0.633. The fourth-order valence-corrected chi connectivity index (χ4v) is 3.73. The Morgan fingerprint density at radius 2 is 1.93 bits per heavy atom. The number of benzene rings is 1. The van der Waals surface area contributed by atoms with E-state index in [9.17, 15) is 5.26 Å². The van der Waals surface area contributed by atoms with Gasteiger partial charge in [0, 0.05) is 60.8 Å². The van der Waals surface area contributed by atoms with Gasteiger partial charge in [-0.25, -0.2) is 0 Å². The number of aromatic nitrogens is 4. The van der Waals surface area contributed by atoms with Crippen LogP contribution in [-0.2, 0) is 0 Å². The molecule has 0 saturated carbocycles. The Labute approximate surface area is 168 Å². The highest BCUT2D eigenvalue weighted by molar-refractivity contribution is 5.95. The van der Waals surface area contributed by atoms with Gasteiger partial charge < -0.3 is 10.2 Å². The molecule has 29 heavy (non-hydrogen) atoms. The molecule has 0 spiro atoms. The molecule has 1 aliphatic rings. The van der Waals surface area contributed by atoms with Crippen molar-refractivity contribution in [1.82, 2.24) is 25.5 Å². The third kappa shape index (κ3) is 3.30. The molecule has 5 rings (SSSR count). The number of nitrogens with one attached hydrogen (secondary N) is 2. The number of anilines is 1. The molecule has 1 fully saturated rings. The van der Waals surface area contributed by atoms with Crippen molar-refractivity contribution in [2.45, 2.75) is 0 Å². The van der Waals surface area contributed by atoms with Gasteiger partial charge in [-0.3, -0.25) is 15.1 Å². The molecule has 7 heteroatoms. The largest absolute Gasteiger partial charge is 0.369 e. The molecule has 1 aromatic carbocycles. The van der Waals surface area contributed by atoms with E-state index in [2.05, 4.69) is 42.5 Å². The van der Waals surface area contributed by atoms with Gasteiger partial charge in [-0.15, -0.1) is 0 Å². The molecular weight excluding hydrogens is 362 g/mol. The molecule has 4 aromatic rings. The van der Waals surface area contributed by atoms with Crippen LogP contribution in [0.4, 0.5) is 5.69 Å². The monoisotopic (exact) mass is 381 g/mol. The summed E-state index contributed by atoms with van der Waals surface area (Å²) in [5.74, 6) is 0. The van der Waals surface area contributed by atoms with Gasteiger partial charge in [0.1, 0.15) is 5.69 Å². The van der Waals surface area contributed by atoms with E-state index in [-0.39, 0.29) is 0 Å². The van der Waals surface area contributed by atoms with Crippen LogP contribution in [0, 0.1) is 11.3 Å². The molecule has 142 valence electrons. The van der Waals surface area contributed by atoms with Gasteiger partial charge in [0.05, 0.1) is 29.0 Å². The Kier molecular flexibility index (Phi) is 4.39. The lowest BCUT2D eigenvalue weighted by Crippen LogP contribution is -2.43. The molecule has 0 amide bonds. The van der Waals surface area contributed by atoms with Gasteiger partial charge in [0.25, 0.3) is 0 Å². The topological polar surface area (TPSA) is 93.5 Å². The van der Waals surface area contributed by atoms with Gasteiger partial charge in [-0.05, 0) is 36.4 Å². The zero-order valence-electron chi connectivity index (χ0n) is 15.8. The van der Waals surface area contributed by atoms with Crippen molar-refractivity contribution in [1.29, 1.82) is 5.26 Å². The number of rotatable bonds is 3. The van der Waals surface area contributed by atoms with E-state index < -0.39 is 0 Å². The van der Waals surface area contributed by atoms with Crippen LogP contribution in [0.25, 0.3) is 33.4 Å². The fourth-order valence-electron chi connectivity index (χ4n) is 3.73. The van der Waals surface area contributed by atoms with Crippen LogP contribution in [0.2, 0.25) is 0 Å². The van der Waals surface area contributed by atoms with E-state index in [1.165, 1.54) is 0 Å². The van der Waals surface area contributed by atoms with Crippen molar-refractivity contribution in [3.63, 3.8) is 0 Å². The number of pyridine rings is 2. The van der Waals surface area contributed by atoms with E-state index in [0.717, 1.165) is 65.3 Å². The first-order valence-electron chi connectivity index (χ1n) is 9.57. The normalized spacial score (nSPS) is 14.1. The second-order valence-corrected chi connectivity index (χ2v) is 7.05. The molecule has 1 saturated heterocycles. The summed E-state index contributed by atoms with van der Waals surface area (Å²) in [5, 5.41) is 21.5. The van der Waals surface area contributed by atoms with Gasteiger partial charge in [0.15, 0.2) is 0 Å². The molecule has 0 atom stereocenters. The van der Waals surface area contributed by atoms with Crippen molar-refractivity contribution in [3.05, 3.63) is 60.6 Å². The Morgan fingerprint density at radius 3 is 2.72 bits per heavy atom. The Bertz CT molecular complexity index is 1200. The zero-order chi connectivity index (χ0) is 19.6. The first-order valence-corrected chi connectivity index (χ1v) is 9.57. The van der Waals surface area contributed by atoms with E-state index in [4.69, 9.17) is 0 Å². The molecule has 0 bridgehead atoms. The smallest absolute Gasteiger partial charge is 0.100 e. The average Bonchev–Trinajstić information content (AvgIpc) is 3.23. The minimum Gasteiger partial charge on any atom is -0.369 e. The summed E-state index contributed by atoms with van der Waals surface area (Å²) < 4.78 is 0. The number of hydrogen-bond donors (Lipinski definition) is 2. The summed E-state index contributed by atoms with van der Waals surface area (Å²) in [6.45, 7) is 3.73. The number of aromatic amines is 1. The van der Waals surface area contributed by atoms with Gasteiger partial charge in [0.2, 0.25) is 0 Å². The SMILES string of the molecule is N#Cc1cc(-c2n[nH]c3cnc(-c4cccnc4)cc23)cc(N2CCNCC2)c1. The number of fused-ring (bicyclic) bond motifs is 1. The van der Waals surface area contributed by atoms with Crippen molar-refractivity contribution < 1.29 is 0 Å². The zero-order valence-corrected chi connectivity index (χ0v) is 15.8. The predicted molar refractivity (Wildman–Crippen MR) is 112 cm³/mol. The lowest BCUT2D eigenvalue weighted by molar-refractivity contribution is 0.589. The van der Waals surface area contributed by atoms with E-state index in [1.54, 1.807) is 18.6 Å². The van der Waals surface area contributed by atoms with Crippen molar-refractivity contribution in [2.24, 2.45) is 0 Å². The van der Waals surface area contributed by atoms with Crippen LogP contribution in [0.15, 0.2) is 55.0 Å². The van der Waals surface area contributed by atoms with Crippen LogP contribution in [0.3, 0.4) is 0 Å². The minimum atomic E-state index is 0.633. The lowest BCUT2D eigenvalue weighted by Gasteiger charge is -2.29. The standard InChI is InChI=1S/C22H19N7/c23-12-15-8-17(10-18(9-15)29-6-4-24-5-7-29)22-19-11-20(16-2-1-3-25-13-16)26-14-21(19)27-28-22/h1-3,8-11,13-14,24H,4-7H2,(H,27,28). The predicted octanol–water partition coefficient (Wildman–Crippen LogP) is 2.97. The van der Waals surface area contributed by atoms with Crippen LogP contribution in [0.5, 0.6) is 0 Å². The number of H-pyrrole nitrogens is 1. The molecule has 1 aliphatic heterocycles. The van der Waals surface area contributed by atoms with Crippen LogP contribution in [0.1, 0.15) is 5.56 Å². The quantitative estimate of drug-likeness (QED) is 0.567. The second-order valence-electron chi connectivity index (χ2n) is 7.05. The molecular formula is C22H19N7. The Morgan fingerprint density at radius 1 is 1.03 bits per heavy atom. The molecule has 2 N–H and O–H groups in total. The summed E-state index contributed by atoms with van der Waals surface area (Å²) >= 11 is 0. The second kappa shape index (κ2) is 7.34. The average molecular weight is 381 g/mol. The number of nitrogens with zero attached hydrogens (tertiary/aromatic N) is 5. The molecule has 0 aliphatic carbocycles. The highest BCUT2D eigenvalue weighted by Gasteiger charge is 2.16. The molecule has 7 nitrogen and oxygen atoms in total. The third-order valence-corrected chi connectivity index (χ3v) is 5.21. The van der Waals surface area contributed by atoms with Gasteiger partial charge in [-0.2, -0.15) is 10.4 Å².